The minimum absolute atomic E-state index is 0.388. The molecule has 5 heteroatoms. The molecule has 0 atom stereocenters. The number of nitrogens with zero attached hydrogens (tertiary/aromatic N) is 1. The maximum atomic E-state index is 11.8. The van der Waals surface area contributed by atoms with Crippen molar-refractivity contribution in [1.82, 2.24) is 5.43 Å². The van der Waals surface area contributed by atoms with Gasteiger partial charge in [-0.1, -0.05) is 48.5 Å². The third-order valence-electron chi connectivity index (χ3n) is 4.01. The van der Waals surface area contributed by atoms with Crippen LogP contribution in [-0.2, 0) is 6.42 Å². The maximum absolute atomic E-state index is 11.8. The van der Waals surface area contributed by atoms with Crippen LogP contribution in [0.25, 0.3) is 0 Å². The van der Waals surface area contributed by atoms with E-state index >= 15 is 0 Å². The highest BCUT2D eigenvalue weighted by Gasteiger charge is 1.99. The molecule has 5 nitrogen and oxygen atoms in total. The Labute approximate surface area is 165 Å². The summed E-state index contributed by atoms with van der Waals surface area (Å²) in [4.78, 5) is 11.8. The number of urea groups is 1. The van der Waals surface area contributed by atoms with Gasteiger partial charge in [-0.3, -0.25) is 0 Å². The first-order valence-corrected chi connectivity index (χ1v) is 9.21. The van der Waals surface area contributed by atoms with Crippen LogP contribution in [0.15, 0.2) is 90.0 Å². The molecule has 0 aliphatic heterocycles. The van der Waals surface area contributed by atoms with Gasteiger partial charge in [-0.25, -0.2) is 10.2 Å². The molecule has 0 heterocycles. The number of para-hydroxylation sites is 1. The predicted octanol–water partition coefficient (Wildman–Crippen LogP) is 4.85. The Morgan fingerprint density at radius 3 is 2.29 bits per heavy atom. The minimum Gasteiger partial charge on any atom is -0.494 e. The van der Waals surface area contributed by atoms with Gasteiger partial charge in [0.2, 0.25) is 0 Å². The average molecular weight is 373 g/mol. The summed E-state index contributed by atoms with van der Waals surface area (Å²) in [6.45, 7) is 0.670. The van der Waals surface area contributed by atoms with Gasteiger partial charge in [-0.2, -0.15) is 5.10 Å². The van der Waals surface area contributed by atoms with Crippen LogP contribution in [0, 0.1) is 0 Å². The fourth-order valence-electron chi connectivity index (χ4n) is 2.61. The van der Waals surface area contributed by atoms with Gasteiger partial charge < -0.3 is 10.1 Å². The zero-order valence-corrected chi connectivity index (χ0v) is 15.5. The van der Waals surface area contributed by atoms with Crippen molar-refractivity contribution in [3.63, 3.8) is 0 Å². The number of hydrogen-bond donors (Lipinski definition) is 2. The van der Waals surface area contributed by atoms with Crippen LogP contribution in [-0.4, -0.2) is 18.9 Å². The number of anilines is 1. The molecule has 0 radical (unpaired) electrons. The summed E-state index contributed by atoms with van der Waals surface area (Å²) in [6.07, 6.45) is 3.56. The van der Waals surface area contributed by atoms with E-state index in [2.05, 4.69) is 40.1 Å². The number of benzene rings is 3. The van der Waals surface area contributed by atoms with E-state index in [4.69, 9.17) is 4.74 Å². The number of hydrogen-bond acceptors (Lipinski definition) is 3. The number of carbonyl (C=O) groups is 1. The van der Waals surface area contributed by atoms with Gasteiger partial charge >= 0.3 is 6.03 Å². The van der Waals surface area contributed by atoms with Crippen LogP contribution in [0.5, 0.6) is 5.75 Å². The Morgan fingerprint density at radius 1 is 0.893 bits per heavy atom. The Hall–Kier alpha value is -3.60. The van der Waals surface area contributed by atoms with Crippen molar-refractivity contribution in [2.75, 3.05) is 11.9 Å². The first-order chi connectivity index (χ1) is 13.8. The van der Waals surface area contributed by atoms with E-state index < -0.39 is 0 Å². The lowest BCUT2D eigenvalue weighted by molar-refractivity contribution is 0.252. The lowest BCUT2D eigenvalue weighted by atomic mass is 10.1. The van der Waals surface area contributed by atoms with E-state index in [0.29, 0.717) is 12.3 Å². The van der Waals surface area contributed by atoms with Gasteiger partial charge in [0.15, 0.2) is 0 Å². The van der Waals surface area contributed by atoms with Gasteiger partial charge in [0, 0.05) is 5.69 Å². The van der Waals surface area contributed by atoms with E-state index in [-0.39, 0.29) is 6.03 Å². The molecule has 142 valence electrons. The second-order valence-electron chi connectivity index (χ2n) is 6.20. The van der Waals surface area contributed by atoms with E-state index in [1.165, 1.54) is 5.56 Å². The molecule has 0 unspecified atom stereocenters. The van der Waals surface area contributed by atoms with Gasteiger partial charge in [0.05, 0.1) is 12.8 Å². The normalized spacial score (nSPS) is 10.6. The van der Waals surface area contributed by atoms with Crippen LogP contribution in [0.2, 0.25) is 0 Å². The first-order valence-electron chi connectivity index (χ1n) is 9.21. The summed E-state index contributed by atoms with van der Waals surface area (Å²) in [7, 11) is 0. The van der Waals surface area contributed by atoms with Crippen LogP contribution in [0.3, 0.4) is 0 Å². The molecule has 3 rings (SSSR count). The van der Waals surface area contributed by atoms with Crippen LogP contribution in [0.1, 0.15) is 17.5 Å². The first kappa shape index (κ1) is 19.2. The fraction of sp³-hybridized carbons (Fsp3) is 0.130. The molecule has 0 aromatic heterocycles. The number of amides is 2. The van der Waals surface area contributed by atoms with Gasteiger partial charge in [-0.15, -0.1) is 0 Å². The molecule has 0 saturated carbocycles. The van der Waals surface area contributed by atoms with Crippen molar-refractivity contribution in [2.24, 2.45) is 5.10 Å². The Morgan fingerprint density at radius 2 is 1.57 bits per heavy atom. The summed E-state index contributed by atoms with van der Waals surface area (Å²) in [5.41, 5.74) is 5.34. The van der Waals surface area contributed by atoms with Crippen LogP contribution in [0.4, 0.5) is 10.5 Å². The quantitative estimate of drug-likeness (QED) is 0.337. The second kappa shape index (κ2) is 10.5. The van der Waals surface area contributed by atoms with E-state index in [1.54, 1.807) is 6.21 Å². The zero-order valence-electron chi connectivity index (χ0n) is 15.5. The molecule has 2 amide bonds. The Bertz CT molecular complexity index is 879. The van der Waals surface area contributed by atoms with Crippen molar-refractivity contribution < 1.29 is 9.53 Å². The molecule has 0 bridgehead atoms. The smallest absolute Gasteiger partial charge is 0.339 e. The molecule has 0 aliphatic carbocycles. The molecule has 28 heavy (non-hydrogen) atoms. The SMILES string of the molecule is O=C(N/N=C/c1ccc(OCCCc2ccccc2)cc1)Nc1ccccc1. The lowest BCUT2D eigenvalue weighted by Crippen LogP contribution is -2.24. The molecular weight excluding hydrogens is 350 g/mol. The van der Waals surface area contributed by atoms with Gasteiger partial charge in [0.1, 0.15) is 5.75 Å². The molecule has 0 aliphatic rings. The van der Waals surface area contributed by atoms with Crippen LogP contribution < -0.4 is 15.5 Å². The van der Waals surface area contributed by atoms with Gasteiger partial charge in [-0.05, 0) is 60.4 Å². The molecular formula is C23H23N3O2. The van der Waals surface area contributed by atoms with Crippen molar-refractivity contribution >= 4 is 17.9 Å². The minimum atomic E-state index is -0.388. The summed E-state index contributed by atoms with van der Waals surface area (Å²) in [6, 6.07) is 26.8. The Balaban J connectivity index is 1.37. The van der Waals surface area contributed by atoms with E-state index in [0.717, 1.165) is 24.2 Å². The molecule has 0 fully saturated rings. The summed E-state index contributed by atoms with van der Waals surface area (Å²) in [5.74, 6) is 0.819. The molecule has 3 aromatic carbocycles. The van der Waals surface area contributed by atoms with Crippen LogP contribution >= 0.6 is 0 Å². The fourth-order valence-corrected chi connectivity index (χ4v) is 2.61. The van der Waals surface area contributed by atoms with Crippen molar-refractivity contribution in [3.8, 4) is 5.75 Å². The number of nitrogens with one attached hydrogen (secondary N) is 2. The number of hydrazone groups is 1. The van der Waals surface area contributed by atoms with E-state index in [1.807, 2.05) is 60.7 Å². The monoisotopic (exact) mass is 373 g/mol. The standard InChI is InChI=1S/C23H23N3O2/c27-23(25-21-11-5-2-6-12-21)26-24-18-20-13-15-22(16-14-20)28-17-7-10-19-8-3-1-4-9-19/h1-6,8-9,11-16,18H,7,10,17H2,(H2,25,26,27)/b24-18+. The maximum Gasteiger partial charge on any atom is 0.339 e. The number of ether oxygens (including phenoxy) is 1. The highest BCUT2D eigenvalue weighted by atomic mass is 16.5. The highest BCUT2D eigenvalue weighted by Crippen LogP contribution is 2.12. The van der Waals surface area contributed by atoms with Gasteiger partial charge in [0.25, 0.3) is 0 Å². The molecule has 3 aromatic rings. The average Bonchev–Trinajstić information content (AvgIpc) is 2.74. The lowest BCUT2D eigenvalue weighted by Gasteiger charge is -2.06. The number of aryl methyl sites for hydroxylation is 1. The number of carbonyl (C=O) groups excluding carboxylic acids is 1. The summed E-state index contributed by atoms with van der Waals surface area (Å²) >= 11 is 0. The topological polar surface area (TPSA) is 62.7 Å². The Kier molecular flexibility index (Phi) is 7.21. The number of rotatable bonds is 8. The molecule has 2 N–H and O–H groups in total. The zero-order chi connectivity index (χ0) is 19.4. The summed E-state index contributed by atoms with van der Waals surface area (Å²) < 4.78 is 5.77. The molecule has 0 spiro atoms. The third-order valence-corrected chi connectivity index (χ3v) is 4.01. The van der Waals surface area contributed by atoms with Crippen molar-refractivity contribution in [2.45, 2.75) is 12.8 Å². The van der Waals surface area contributed by atoms with Crippen molar-refractivity contribution in [1.29, 1.82) is 0 Å². The van der Waals surface area contributed by atoms with E-state index in [9.17, 15) is 4.79 Å². The largest absolute Gasteiger partial charge is 0.494 e. The molecule has 0 saturated heterocycles. The highest BCUT2D eigenvalue weighted by molar-refractivity contribution is 5.90. The summed E-state index contributed by atoms with van der Waals surface area (Å²) in [5, 5.41) is 6.64. The predicted molar refractivity (Wildman–Crippen MR) is 113 cm³/mol. The second-order valence-corrected chi connectivity index (χ2v) is 6.20. The third kappa shape index (κ3) is 6.61. The van der Waals surface area contributed by atoms with Crippen molar-refractivity contribution in [3.05, 3.63) is 96.1 Å².